The van der Waals surface area contributed by atoms with Crippen LogP contribution >= 0.6 is 23.4 Å². The van der Waals surface area contributed by atoms with Gasteiger partial charge in [0.2, 0.25) is 0 Å². The van der Waals surface area contributed by atoms with Gasteiger partial charge in [-0.05, 0) is 73.1 Å². The van der Waals surface area contributed by atoms with Crippen LogP contribution in [0.25, 0.3) is 6.08 Å². The van der Waals surface area contributed by atoms with Crippen molar-refractivity contribution in [2.75, 3.05) is 25.1 Å². The third kappa shape index (κ3) is 6.93. The fourth-order valence-electron chi connectivity index (χ4n) is 3.54. The normalized spacial score (nSPS) is 14.2. The maximum absolute atomic E-state index is 12.9. The number of carbonyl (C=O) groups excluding carboxylic acids is 3. The summed E-state index contributed by atoms with van der Waals surface area (Å²) in [5, 5.41) is 2.93. The van der Waals surface area contributed by atoms with Crippen LogP contribution in [0.5, 0.6) is 11.5 Å². The number of benzene rings is 3. The average Bonchev–Trinajstić information content (AvgIpc) is 3.13. The Morgan fingerprint density at radius 3 is 2.62 bits per heavy atom. The number of thioether (sulfide) groups is 1. The third-order valence-corrected chi connectivity index (χ3v) is 6.78. The summed E-state index contributed by atoms with van der Waals surface area (Å²) in [5.41, 5.74) is 3.12. The second-order valence-electron chi connectivity index (χ2n) is 8.34. The number of halogens is 1. The Kier molecular flexibility index (Phi) is 8.53. The first-order valence-electron chi connectivity index (χ1n) is 11.5. The van der Waals surface area contributed by atoms with Crippen molar-refractivity contribution in [3.8, 4) is 11.5 Å². The highest BCUT2D eigenvalue weighted by molar-refractivity contribution is 8.18. The SMILES string of the molecule is Cc1cccc(OCCN2C(=O)S/C(=C\c3ccccc3OCC(=O)Nc3ccc(C)c(Cl)c3)C2=O)c1. The number of amides is 3. The van der Waals surface area contributed by atoms with Crippen molar-refractivity contribution in [1.82, 2.24) is 4.90 Å². The molecule has 1 aliphatic heterocycles. The number of ether oxygens (including phenoxy) is 2. The van der Waals surface area contributed by atoms with E-state index in [2.05, 4.69) is 5.32 Å². The standard InChI is InChI=1S/C28H25ClN2O5S/c1-18-6-5-8-22(14-18)35-13-12-31-27(33)25(37-28(31)34)15-20-7-3-4-9-24(20)36-17-26(32)30-21-11-10-19(2)23(29)16-21/h3-11,14-16H,12-13,17H2,1-2H3,(H,30,32)/b25-15-. The second kappa shape index (κ2) is 12.0. The molecule has 0 atom stereocenters. The Morgan fingerprint density at radius 1 is 1.03 bits per heavy atom. The topological polar surface area (TPSA) is 84.9 Å². The van der Waals surface area contributed by atoms with Gasteiger partial charge in [0.1, 0.15) is 18.1 Å². The summed E-state index contributed by atoms with van der Waals surface area (Å²) in [6, 6.07) is 19.8. The molecule has 4 rings (SSSR count). The van der Waals surface area contributed by atoms with E-state index in [0.29, 0.717) is 27.8 Å². The second-order valence-corrected chi connectivity index (χ2v) is 9.74. The minimum atomic E-state index is -0.397. The van der Waals surface area contributed by atoms with Crippen molar-refractivity contribution < 1.29 is 23.9 Å². The zero-order valence-corrected chi connectivity index (χ0v) is 21.9. The molecule has 0 aromatic heterocycles. The number of hydrogen-bond donors (Lipinski definition) is 1. The Bertz CT molecular complexity index is 1370. The van der Waals surface area contributed by atoms with E-state index in [9.17, 15) is 14.4 Å². The Hall–Kier alpha value is -3.75. The molecule has 0 aliphatic carbocycles. The van der Waals surface area contributed by atoms with Crippen LogP contribution in [0.15, 0.2) is 71.6 Å². The molecule has 3 amide bonds. The summed E-state index contributed by atoms with van der Waals surface area (Å²) in [6.07, 6.45) is 1.60. The quantitative estimate of drug-likeness (QED) is 0.333. The fraction of sp³-hybridized carbons (Fsp3) is 0.179. The third-order valence-electron chi connectivity index (χ3n) is 5.47. The molecule has 1 fully saturated rings. The van der Waals surface area contributed by atoms with Gasteiger partial charge >= 0.3 is 0 Å². The van der Waals surface area contributed by atoms with E-state index in [1.54, 1.807) is 42.5 Å². The number of para-hydroxylation sites is 1. The van der Waals surface area contributed by atoms with Crippen LogP contribution in [0.4, 0.5) is 10.5 Å². The molecule has 0 saturated carbocycles. The Balaban J connectivity index is 1.37. The van der Waals surface area contributed by atoms with Crippen molar-refractivity contribution in [2.24, 2.45) is 0 Å². The van der Waals surface area contributed by atoms with Gasteiger partial charge in [0, 0.05) is 16.3 Å². The summed E-state index contributed by atoms with van der Waals surface area (Å²) in [7, 11) is 0. The van der Waals surface area contributed by atoms with Gasteiger partial charge in [0.25, 0.3) is 17.1 Å². The molecule has 1 N–H and O–H groups in total. The Labute approximate surface area is 224 Å². The fourth-order valence-corrected chi connectivity index (χ4v) is 4.57. The van der Waals surface area contributed by atoms with Crippen molar-refractivity contribution in [3.05, 3.63) is 93.3 Å². The highest BCUT2D eigenvalue weighted by Gasteiger charge is 2.35. The lowest BCUT2D eigenvalue weighted by Gasteiger charge is -2.13. The van der Waals surface area contributed by atoms with Crippen LogP contribution in [0.3, 0.4) is 0 Å². The summed E-state index contributed by atoms with van der Waals surface area (Å²) >= 11 is 6.97. The monoisotopic (exact) mass is 536 g/mol. The number of aryl methyl sites for hydroxylation is 2. The molecule has 190 valence electrons. The zero-order chi connectivity index (χ0) is 26.4. The lowest BCUT2D eigenvalue weighted by atomic mass is 10.2. The molecule has 1 heterocycles. The van der Waals surface area contributed by atoms with Crippen LogP contribution in [0, 0.1) is 13.8 Å². The zero-order valence-electron chi connectivity index (χ0n) is 20.3. The smallest absolute Gasteiger partial charge is 0.293 e. The molecule has 3 aromatic carbocycles. The molecule has 7 nitrogen and oxygen atoms in total. The Morgan fingerprint density at radius 2 is 1.84 bits per heavy atom. The van der Waals surface area contributed by atoms with E-state index in [4.69, 9.17) is 21.1 Å². The minimum Gasteiger partial charge on any atom is -0.492 e. The molecule has 0 spiro atoms. The van der Waals surface area contributed by atoms with Gasteiger partial charge in [-0.25, -0.2) is 0 Å². The number of nitrogens with one attached hydrogen (secondary N) is 1. The molecule has 3 aromatic rings. The summed E-state index contributed by atoms with van der Waals surface area (Å²) in [4.78, 5) is 39.2. The lowest BCUT2D eigenvalue weighted by molar-refractivity contribution is -0.123. The van der Waals surface area contributed by atoms with Crippen LogP contribution in [0.1, 0.15) is 16.7 Å². The summed E-state index contributed by atoms with van der Waals surface area (Å²) < 4.78 is 11.4. The number of rotatable bonds is 9. The van der Waals surface area contributed by atoms with Crippen LogP contribution in [-0.4, -0.2) is 41.7 Å². The van der Waals surface area contributed by atoms with Crippen LogP contribution < -0.4 is 14.8 Å². The first kappa shape index (κ1) is 26.3. The van der Waals surface area contributed by atoms with E-state index >= 15 is 0 Å². The van der Waals surface area contributed by atoms with E-state index in [0.717, 1.165) is 27.8 Å². The van der Waals surface area contributed by atoms with Crippen molar-refractivity contribution in [3.63, 3.8) is 0 Å². The largest absolute Gasteiger partial charge is 0.492 e. The molecular formula is C28H25ClN2O5S. The number of hydrogen-bond acceptors (Lipinski definition) is 6. The summed E-state index contributed by atoms with van der Waals surface area (Å²) in [6.45, 7) is 3.92. The van der Waals surface area contributed by atoms with Gasteiger partial charge in [-0.3, -0.25) is 19.3 Å². The predicted molar refractivity (Wildman–Crippen MR) is 146 cm³/mol. The first-order valence-corrected chi connectivity index (χ1v) is 12.7. The van der Waals surface area contributed by atoms with Crippen LogP contribution in [-0.2, 0) is 9.59 Å². The van der Waals surface area contributed by atoms with Crippen molar-refractivity contribution in [2.45, 2.75) is 13.8 Å². The van der Waals surface area contributed by atoms with Gasteiger partial charge in [0.05, 0.1) is 11.4 Å². The molecule has 0 bridgehead atoms. The minimum absolute atomic E-state index is 0.136. The maximum Gasteiger partial charge on any atom is 0.293 e. The summed E-state index contributed by atoms with van der Waals surface area (Å²) in [5.74, 6) is 0.340. The van der Waals surface area contributed by atoms with Gasteiger partial charge in [-0.15, -0.1) is 0 Å². The van der Waals surface area contributed by atoms with Crippen molar-refractivity contribution in [1.29, 1.82) is 0 Å². The molecular weight excluding hydrogens is 512 g/mol. The average molecular weight is 537 g/mol. The number of carbonyl (C=O) groups is 3. The van der Waals surface area contributed by atoms with E-state index < -0.39 is 5.91 Å². The number of nitrogens with zero attached hydrogens (tertiary/aromatic N) is 1. The van der Waals surface area contributed by atoms with Crippen LogP contribution in [0.2, 0.25) is 5.02 Å². The molecule has 1 saturated heterocycles. The van der Waals surface area contributed by atoms with E-state index in [1.807, 2.05) is 44.2 Å². The highest BCUT2D eigenvalue weighted by Crippen LogP contribution is 2.34. The first-order chi connectivity index (χ1) is 17.8. The molecule has 1 aliphatic rings. The molecule has 0 unspecified atom stereocenters. The van der Waals surface area contributed by atoms with Gasteiger partial charge in [-0.2, -0.15) is 0 Å². The highest BCUT2D eigenvalue weighted by atomic mass is 35.5. The van der Waals surface area contributed by atoms with Gasteiger partial charge < -0.3 is 14.8 Å². The van der Waals surface area contributed by atoms with Gasteiger partial charge in [-0.1, -0.05) is 48.0 Å². The molecule has 37 heavy (non-hydrogen) atoms. The van der Waals surface area contributed by atoms with E-state index in [-0.39, 0.29) is 35.8 Å². The van der Waals surface area contributed by atoms with Crippen molar-refractivity contribution >= 4 is 52.2 Å². The molecule has 0 radical (unpaired) electrons. The van der Waals surface area contributed by atoms with E-state index in [1.165, 1.54) is 0 Å². The number of imide groups is 1. The predicted octanol–water partition coefficient (Wildman–Crippen LogP) is 6.09. The lowest BCUT2D eigenvalue weighted by Crippen LogP contribution is -2.32. The molecule has 9 heteroatoms. The number of anilines is 1. The van der Waals surface area contributed by atoms with Gasteiger partial charge in [0.15, 0.2) is 6.61 Å². The maximum atomic E-state index is 12.9.